The lowest BCUT2D eigenvalue weighted by atomic mass is 10.1. The van der Waals surface area contributed by atoms with Crippen molar-refractivity contribution in [3.05, 3.63) is 65.6 Å². The molecule has 3 heteroatoms. The molecular formula is C17H13NOS. The van der Waals surface area contributed by atoms with Gasteiger partial charge < -0.3 is 10.0 Å². The van der Waals surface area contributed by atoms with Crippen molar-refractivity contribution in [3.8, 4) is 5.75 Å². The Morgan fingerprint density at radius 3 is 2.90 bits per heavy atom. The van der Waals surface area contributed by atoms with E-state index in [2.05, 4.69) is 41.1 Å². The van der Waals surface area contributed by atoms with E-state index in [-0.39, 0.29) is 0 Å². The molecule has 1 aliphatic rings. The van der Waals surface area contributed by atoms with Gasteiger partial charge in [0.05, 0.1) is 0 Å². The van der Waals surface area contributed by atoms with E-state index < -0.39 is 0 Å². The quantitative estimate of drug-likeness (QED) is 0.704. The highest BCUT2D eigenvalue weighted by Gasteiger charge is 2.23. The number of rotatable bonds is 1. The number of hydrogen-bond donors (Lipinski definition) is 1. The summed E-state index contributed by atoms with van der Waals surface area (Å²) in [6.45, 7) is 4.99. The molecule has 0 bridgehead atoms. The fourth-order valence-electron chi connectivity index (χ4n) is 2.74. The van der Waals surface area contributed by atoms with Crippen molar-refractivity contribution < 1.29 is 5.11 Å². The van der Waals surface area contributed by atoms with Gasteiger partial charge in [0.15, 0.2) is 0 Å². The van der Waals surface area contributed by atoms with Crippen molar-refractivity contribution in [2.75, 3.05) is 4.90 Å². The summed E-state index contributed by atoms with van der Waals surface area (Å²) in [5, 5.41) is 13.0. The minimum absolute atomic E-state index is 0.292. The third-order valence-corrected chi connectivity index (χ3v) is 4.69. The summed E-state index contributed by atoms with van der Waals surface area (Å²) in [7, 11) is 0. The van der Waals surface area contributed by atoms with Gasteiger partial charge in [-0.1, -0.05) is 18.7 Å². The van der Waals surface area contributed by atoms with Gasteiger partial charge in [-0.3, -0.25) is 0 Å². The van der Waals surface area contributed by atoms with E-state index in [4.69, 9.17) is 0 Å². The van der Waals surface area contributed by atoms with Gasteiger partial charge in [0, 0.05) is 28.2 Å². The lowest BCUT2D eigenvalue weighted by Gasteiger charge is -2.19. The number of phenols is 1. The molecule has 0 unspecified atom stereocenters. The SMILES string of the molecule is C=C1c2cc(O)ccc2CN1c1ccc2ccsc2c1. The first kappa shape index (κ1) is 11.6. The van der Waals surface area contributed by atoms with Crippen LogP contribution in [0.3, 0.4) is 0 Å². The summed E-state index contributed by atoms with van der Waals surface area (Å²) >= 11 is 1.75. The van der Waals surface area contributed by atoms with E-state index in [1.54, 1.807) is 23.5 Å². The van der Waals surface area contributed by atoms with E-state index in [0.717, 1.165) is 23.5 Å². The Labute approximate surface area is 121 Å². The standard InChI is InChI=1S/C17H13NOS/c1-11-16-9-15(19)5-3-13(16)10-18(11)14-4-2-12-6-7-20-17(12)8-14/h2-9,19H,1,10H2. The van der Waals surface area contributed by atoms with Crippen LogP contribution >= 0.6 is 11.3 Å². The monoisotopic (exact) mass is 279 g/mol. The van der Waals surface area contributed by atoms with Crippen LogP contribution in [0.5, 0.6) is 5.75 Å². The molecule has 3 aromatic rings. The van der Waals surface area contributed by atoms with Gasteiger partial charge in [-0.15, -0.1) is 11.3 Å². The smallest absolute Gasteiger partial charge is 0.116 e. The second-order valence-corrected chi connectivity index (χ2v) is 5.96. The van der Waals surface area contributed by atoms with Crippen LogP contribution in [0, 0.1) is 0 Å². The molecule has 2 aromatic carbocycles. The predicted molar refractivity (Wildman–Crippen MR) is 85.1 cm³/mol. The molecule has 4 rings (SSSR count). The second-order valence-electron chi connectivity index (χ2n) is 5.02. The molecule has 1 N–H and O–H groups in total. The highest BCUT2D eigenvalue weighted by molar-refractivity contribution is 7.17. The maximum Gasteiger partial charge on any atom is 0.116 e. The molecule has 1 aliphatic heterocycles. The number of benzene rings is 2. The maximum atomic E-state index is 9.63. The third kappa shape index (κ3) is 1.63. The van der Waals surface area contributed by atoms with E-state index in [1.807, 2.05) is 6.07 Å². The predicted octanol–water partition coefficient (Wildman–Crippen LogP) is 4.60. The molecule has 0 spiro atoms. The number of nitrogens with zero attached hydrogens (tertiary/aromatic N) is 1. The van der Waals surface area contributed by atoms with Gasteiger partial charge in [-0.2, -0.15) is 0 Å². The first-order valence-corrected chi connectivity index (χ1v) is 7.36. The Hall–Kier alpha value is -2.26. The van der Waals surface area contributed by atoms with E-state index in [1.165, 1.54) is 15.6 Å². The van der Waals surface area contributed by atoms with Crippen LogP contribution in [0.15, 0.2) is 54.4 Å². The number of phenolic OH excluding ortho intramolecular Hbond substituents is 1. The Morgan fingerprint density at radius 1 is 1.10 bits per heavy atom. The van der Waals surface area contributed by atoms with Gasteiger partial charge in [0.2, 0.25) is 0 Å². The average molecular weight is 279 g/mol. The van der Waals surface area contributed by atoms with Crippen LogP contribution in [0.2, 0.25) is 0 Å². The first-order chi connectivity index (χ1) is 9.72. The van der Waals surface area contributed by atoms with Gasteiger partial charge in [-0.25, -0.2) is 0 Å². The van der Waals surface area contributed by atoms with E-state index in [9.17, 15) is 5.11 Å². The van der Waals surface area contributed by atoms with Crippen LogP contribution in [-0.2, 0) is 6.54 Å². The molecule has 0 saturated heterocycles. The summed E-state index contributed by atoms with van der Waals surface area (Å²) in [6.07, 6.45) is 0. The Kier molecular flexibility index (Phi) is 2.38. The minimum atomic E-state index is 0.292. The lowest BCUT2D eigenvalue weighted by molar-refractivity contribution is 0.475. The van der Waals surface area contributed by atoms with Crippen LogP contribution in [-0.4, -0.2) is 5.11 Å². The molecular weight excluding hydrogens is 266 g/mol. The van der Waals surface area contributed by atoms with Gasteiger partial charge in [0.25, 0.3) is 0 Å². The molecule has 1 aromatic heterocycles. The van der Waals surface area contributed by atoms with Crippen molar-refractivity contribution in [2.45, 2.75) is 6.54 Å². The van der Waals surface area contributed by atoms with Gasteiger partial charge in [-0.05, 0) is 46.7 Å². The van der Waals surface area contributed by atoms with E-state index in [0.29, 0.717) is 5.75 Å². The summed E-state index contributed by atoms with van der Waals surface area (Å²) in [6, 6.07) is 14.1. The highest BCUT2D eigenvalue weighted by atomic mass is 32.1. The molecule has 0 radical (unpaired) electrons. The topological polar surface area (TPSA) is 23.5 Å². The van der Waals surface area contributed by atoms with Crippen LogP contribution in [0.25, 0.3) is 15.8 Å². The summed E-state index contributed by atoms with van der Waals surface area (Å²) < 4.78 is 1.29. The minimum Gasteiger partial charge on any atom is -0.508 e. The lowest BCUT2D eigenvalue weighted by Crippen LogP contribution is -2.12. The largest absolute Gasteiger partial charge is 0.508 e. The molecule has 2 nitrogen and oxygen atoms in total. The molecule has 0 aliphatic carbocycles. The van der Waals surface area contributed by atoms with Gasteiger partial charge >= 0.3 is 0 Å². The molecule has 20 heavy (non-hydrogen) atoms. The van der Waals surface area contributed by atoms with Gasteiger partial charge in [0.1, 0.15) is 5.75 Å². The van der Waals surface area contributed by atoms with Crippen molar-refractivity contribution >= 4 is 32.8 Å². The molecule has 2 heterocycles. The summed E-state index contributed by atoms with van der Waals surface area (Å²) in [5.74, 6) is 0.292. The molecule has 0 atom stereocenters. The van der Waals surface area contributed by atoms with Crippen molar-refractivity contribution in [1.29, 1.82) is 0 Å². The molecule has 0 saturated carbocycles. The third-order valence-electron chi connectivity index (χ3n) is 3.81. The van der Waals surface area contributed by atoms with Crippen LogP contribution in [0.1, 0.15) is 11.1 Å². The highest BCUT2D eigenvalue weighted by Crippen LogP contribution is 2.38. The van der Waals surface area contributed by atoms with Crippen molar-refractivity contribution in [2.24, 2.45) is 0 Å². The number of aromatic hydroxyl groups is 1. The Morgan fingerprint density at radius 2 is 2.00 bits per heavy atom. The number of fused-ring (bicyclic) bond motifs is 2. The number of thiophene rings is 1. The van der Waals surface area contributed by atoms with Crippen LogP contribution in [0.4, 0.5) is 5.69 Å². The Bertz CT molecular complexity index is 834. The summed E-state index contributed by atoms with van der Waals surface area (Å²) in [5.41, 5.74) is 4.35. The van der Waals surface area contributed by atoms with Crippen molar-refractivity contribution in [1.82, 2.24) is 0 Å². The average Bonchev–Trinajstić information content (AvgIpc) is 3.03. The molecule has 0 fully saturated rings. The van der Waals surface area contributed by atoms with Crippen LogP contribution < -0.4 is 4.90 Å². The summed E-state index contributed by atoms with van der Waals surface area (Å²) in [4.78, 5) is 2.20. The Balaban J connectivity index is 1.79. The maximum absolute atomic E-state index is 9.63. The normalized spacial score (nSPS) is 14.0. The molecule has 0 amide bonds. The zero-order valence-electron chi connectivity index (χ0n) is 10.8. The van der Waals surface area contributed by atoms with E-state index >= 15 is 0 Å². The first-order valence-electron chi connectivity index (χ1n) is 6.48. The second kappa shape index (κ2) is 4.12. The number of hydrogen-bond acceptors (Lipinski definition) is 3. The molecule has 98 valence electrons. The van der Waals surface area contributed by atoms with Crippen molar-refractivity contribution in [3.63, 3.8) is 0 Å². The zero-order chi connectivity index (χ0) is 13.7. The zero-order valence-corrected chi connectivity index (χ0v) is 11.7. The fraction of sp³-hybridized carbons (Fsp3) is 0.0588. The fourth-order valence-corrected chi connectivity index (χ4v) is 3.56. The number of anilines is 1.